The minimum Gasteiger partial charge on any atom is -0.325 e. The number of pyridine rings is 1. The van der Waals surface area contributed by atoms with Crippen molar-refractivity contribution in [3.63, 3.8) is 0 Å². The van der Waals surface area contributed by atoms with E-state index in [4.69, 9.17) is 11.6 Å². The van der Waals surface area contributed by atoms with Gasteiger partial charge in [-0.1, -0.05) is 35.5 Å². The molecular weight excluding hydrogens is 476 g/mol. The average Bonchev–Trinajstić information content (AvgIpc) is 3.24. The summed E-state index contributed by atoms with van der Waals surface area (Å²) in [6.07, 6.45) is 3.34. The predicted octanol–water partition coefficient (Wildman–Crippen LogP) is 5.32. The van der Waals surface area contributed by atoms with Crippen LogP contribution in [0, 0.1) is 17.0 Å². The summed E-state index contributed by atoms with van der Waals surface area (Å²) in [4.78, 5) is 27.4. The fourth-order valence-electron chi connectivity index (χ4n) is 3.24. The van der Waals surface area contributed by atoms with Gasteiger partial charge in [0.1, 0.15) is 0 Å². The van der Waals surface area contributed by atoms with Crippen molar-refractivity contribution in [3.8, 4) is 17.1 Å². The van der Waals surface area contributed by atoms with Crippen LogP contribution in [0.4, 0.5) is 11.4 Å². The Bertz CT molecular complexity index is 1360. The van der Waals surface area contributed by atoms with Gasteiger partial charge in [-0.25, -0.2) is 0 Å². The van der Waals surface area contributed by atoms with Crippen LogP contribution in [0.25, 0.3) is 17.1 Å². The number of hydrogen-bond donors (Lipinski definition) is 1. The van der Waals surface area contributed by atoms with Crippen molar-refractivity contribution in [1.29, 1.82) is 0 Å². The number of non-ortho nitro benzene ring substituents is 1. The lowest BCUT2D eigenvalue weighted by molar-refractivity contribution is -0.384. The van der Waals surface area contributed by atoms with Crippen molar-refractivity contribution in [2.75, 3.05) is 5.32 Å². The lowest BCUT2D eigenvalue weighted by Crippen LogP contribution is -2.23. The predicted molar refractivity (Wildman–Crippen MR) is 131 cm³/mol. The molecule has 34 heavy (non-hydrogen) atoms. The third-order valence-electron chi connectivity index (χ3n) is 5.03. The molecule has 9 nitrogen and oxygen atoms in total. The van der Waals surface area contributed by atoms with Crippen LogP contribution in [-0.2, 0) is 4.79 Å². The van der Waals surface area contributed by atoms with Crippen LogP contribution >= 0.6 is 23.4 Å². The molecule has 0 aliphatic heterocycles. The van der Waals surface area contributed by atoms with Gasteiger partial charge in [-0.15, -0.1) is 10.2 Å². The Kier molecular flexibility index (Phi) is 6.90. The lowest BCUT2D eigenvalue weighted by atomic mass is 10.2. The zero-order valence-electron chi connectivity index (χ0n) is 18.2. The van der Waals surface area contributed by atoms with Gasteiger partial charge in [0.05, 0.1) is 15.9 Å². The number of aromatic nitrogens is 4. The minimum atomic E-state index is -0.577. The average molecular weight is 495 g/mol. The van der Waals surface area contributed by atoms with Crippen molar-refractivity contribution >= 4 is 40.6 Å². The van der Waals surface area contributed by atoms with E-state index in [0.29, 0.717) is 21.7 Å². The highest BCUT2D eigenvalue weighted by Gasteiger charge is 2.23. The maximum Gasteiger partial charge on any atom is 0.271 e. The van der Waals surface area contributed by atoms with E-state index in [1.807, 2.05) is 35.8 Å². The maximum atomic E-state index is 12.9. The van der Waals surface area contributed by atoms with E-state index in [-0.39, 0.29) is 11.6 Å². The molecule has 1 unspecified atom stereocenters. The Balaban J connectivity index is 1.66. The molecule has 0 aliphatic rings. The van der Waals surface area contributed by atoms with Crippen LogP contribution < -0.4 is 5.32 Å². The first-order valence-electron chi connectivity index (χ1n) is 10.2. The van der Waals surface area contributed by atoms with Gasteiger partial charge in [0.25, 0.3) is 5.69 Å². The molecule has 0 spiro atoms. The minimum absolute atomic E-state index is 0.101. The zero-order valence-corrected chi connectivity index (χ0v) is 19.7. The van der Waals surface area contributed by atoms with Crippen molar-refractivity contribution in [2.24, 2.45) is 0 Å². The standard InChI is InChI=1S/C23H19ClN6O3S/c1-14-19(24)7-4-8-20(14)29-21(16-9-11-25-12-10-16)27-28-23(29)34-15(2)22(31)26-17-5-3-6-18(13-17)30(32)33/h3-13,15H,1-2H3,(H,26,31). The van der Waals surface area contributed by atoms with E-state index >= 15 is 0 Å². The number of thioether (sulfide) groups is 1. The Labute approximate surface area is 204 Å². The number of nitrogens with one attached hydrogen (secondary N) is 1. The molecule has 1 atom stereocenters. The summed E-state index contributed by atoms with van der Waals surface area (Å²) in [5.41, 5.74) is 2.68. The molecule has 2 aromatic heterocycles. The Morgan fingerprint density at radius 3 is 2.62 bits per heavy atom. The summed E-state index contributed by atoms with van der Waals surface area (Å²) in [5, 5.41) is 23.0. The summed E-state index contributed by atoms with van der Waals surface area (Å²) >= 11 is 7.60. The topological polar surface area (TPSA) is 116 Å². The van der Waals surface area contributed by atoms with Crippen LogP contribution in [0.2, 0.25) is 5.02 Å². The number of rotatable bonds is 7. The van der Waals surface area contributed by atoms with Crippen molar-refractivity contribution in [3.05, 3.63) is 87.7 Å². The SMILES string of the molecule is Cc1c(Cl)cccc1-n1c(SC(C)C(=O)Nc2cccc([N+](=O)[O-])c2)nnc1-c1ccncc1. The first kappa shape index (κ1) is 23.4. The van der Waals surface area contributed by atoms with Gasteiger partial charge in [0.2, 0.25) is 5.91 Å². The molecule has 2 aromatic carbocycles. The third kappa shape index (κ3) is 4.92. The Hall–Kier alpha value is -3.76. The molecule has 0 bridgehead atoms. The second-order valence-electron chi connectivity index (χ2n) is 7.32. The van der Waals surface area contributed by atoms with Gasteiger partial charge in [0, 0.05) is 40.8 Å². The number of anilines is 1. The molecule has 0 fully saturated rings. The molecule has 1 N–H and O–H groups in total. The molecule has 0 saturated heterocycles. The molecule has 172 valence electrons. The highest BCUT2D eigenvalue weighted by atomic mass is 35.5. The Morgan fingerprint density at radius 1 is 1.15 bits per heavy atom. The van der Waals surface area contributed by atoms with E-state index < -0.39 is 10.2 Å². The van der Waals surface area contributed by atoms with Gasteiger partial charge in [-0.3, -0.25) is 24.5 Å². The van der Waals surface area contributed by atoms with E-state index in [2.05, 4.69) is 20.5 Å². The van der Waals surface area contributed by atoms with Crippen LogP contribution in [0.1, 0.15) is 12.5 Å². The largest absolute Gasteiger partial charge is 0.325 e. The highest BCUT2D eigenvalue weighted by Crippen LogP contribution is 2.33. The van der Waals surface area contributed by atoms with Crippen molar-refractivity contribution in [1.82, 2.24) is 19.7 Å². The van der Waals surface area contributed by atoms with E-state index in [9.17, 15) is 14.9 Å². The summed E-state index contributed by atoms with van der Waals surface area (Å²) in [6.45, 7) is 3.63. The number of benzene rings is 2. The number of halogens is 1. The molecule has 2 heterocycles. The molecule has 0 radical (unpaired) electrons. The van der Waals surface area contributed by atoms with E-state index in [1.54, 1.807) is 31.5 Å². The number of carbonyl (C=O) groups is 1. The number of nitrogens with zero attached hydrogens (tertiary/aromatic N) is 5. The van der Waals surface area contributed by atoms with Crippen LogP contribution in [0.15, 0.2) is 72.1 Å². The second-order valence-corrected chi connectivity index (χ2v) is 9.03. The fourth-order valence-corrected chi connectivity index (χ4v) is 4.27. The summed E-state index contributed by atoms with van der Waals surface area (Å²) in [5.74, 6) is 0.259. The zero-order chi connectivity index (χ0) is 24.2. The fraction of sp³-hybridized carbons (Fsp3) is 0.130. The number of nitro benzene ring substituents is 1. The maximum absolute atomic E-state index is 12.9. The second kappa shape index (κ2) is 10.0. The number of amides is 1. The molecule has 4 rings (SSSR count). The van der Waals surface area contributed by atoms with Crippen molar-refractivity contribution < 1.29 is 9.72 Å². The van der Waals surface area contributed by atoms with E-state index in [1.165, 1.54) is 30.0 Å². The molecule has 4 aromatic rings. The first-order chi connectivity index (χ1) is 16.3. The third-order valence-corrected chi connectivity index (χ3v) is 6.48. The smallest absolute Gasteiger partial charge is 0.271 e. The first-order valence-corrected chi connectivity index (χ1v) is 11.4. The summed E-state index contributed by atoms with van der Waals surface area (Å²) in [7, 11) is 0. The monoisotopic (exact) mass is 494 g/mol. The molecule has 0 saturated carbocycles. The van der Waals surface area contributed by atoms with Crippen molar-refractivity contribution in [2.45, 2.75) is 24.3 Å². The van der Waals surface area contributed by atoms with Gasteiger partial charge >= 0.3 is 0 Å². The molecule has 11 heteroatoms. The summed E-state index contributed by atoms with van der Waals surface area (Å²) in [6, 6.07) is 15.0. The molecule has 0 aliphatic carbocycles. The summed E-state index contributed by atoms with van der Waals surface area (Å²) < 4.78 is 1.86. The lowest BCUT2D eigenvalue weighted by Gasteiger charge is -2.16. The molecule has 1 amide bonds. The highest BCUT2D eigenvalue weighted by molar-refractivity contribution is 8.00. The van der Waals surface area contributed by atoms with Crippen LogP contribution in [0.5, 0.6) is 0 Å². The molecular formula is C23H19ClN6O3S. The number of carbonyl (C=O) groups excluding carboxylic acids is 1. The normalized spacial score (nSPS) is 11.7. The van der Waals surface area contributed by atoms with Gasteiger partial charge in [-0.2, -0.15) is 0 Å². The number of hydrogen-bond acceptors (Lipinski definition) is 7. The van der Waals surface area contributed by atoms with Crippen LogP contribution in [-0.4, -0.2) is 35.8 Å². The van der Waals surface area contributed by atoms with Crippen LogP contribution in [0.3, 0.4) is 0 Å². The Morgan fingerprint density at radius 2 is 1.88 bits per heavy atom. The van der Waals surface area contributed by atoms with E-state index in [0.717, 1.165) is 16.8 Å². The van der Waals surface area contributed by atoms with Gasteiger partial charge in [-0.05, 0) is 49.7 Å². The van der Waals surface area contributed by atoms with Gasteiger partial charge in [0.15, 0.2) is 11.0 Å². The number of nitro groups is 1. The van der Waals surface area contributed by atoms with Gasteiger partial charge < -0.3 is 5.32 Å². The quantitative estimate of drug-likeness (QED) is 0.210.